The van der Waals surface area contributed by atoms with E-state index in [2.05, 4.69) is 5.32 Å². The van der Waals surface area contributed by atoms with E-state index in [4.69, 9.17) is 28.4 Å². The zero-order valence-corrected chi connectivity index (χ0v) is 32.4. The first kappa shape index (κ1) is 43.4. The van der Waals surface area contributed by atoms with Gasteiger partial charge in [0.2, 0.25) is 0 Å². The Kier molecular flexibility index (Phi) is 15.1. The van der Waals surface area contributed by atoms with Gasteiger partial charge < -0.3 is 64.2 Å². The molecule has 3 aliphatic rings. The van der Waals surface area contributed by atoms with Crippen LogP contribution in [0.4, 0.5) is 0 Å². The Hall–Kier alpha value is -1.01. The molecule has 14 nitrogen and oxygen atoms in total. The molecule has 6 N–H and O–H groups in total. The van der Waals surface area contributed by atoms with Gasteiger partial charge in [0.25, 0.3) is 0 Å². The molecule has 0 radical (unpaired) electrons. The average Bonchev–Trinajstić information content (AvgIpc) is 3.06. The Balaban J connectivity index is 2.13. The molecular formula is C36H68N2O12. The van der Waals surface area contributed by atoms with Crippen molar-refractivity contribution in [3.8, 4) is 0 Å². The molecule has 0 bridgehead atoms. The summed E-state index contributed by atoms with van der Waals surface area (Å²) in [5.74, 6) is -2.42. The highest BCUT2D eigenvalue weighted by atomic mass is 16.7. The number of nitrogens with zero attached hydrogens (tertiary/aromatic N) is 1. The lowest BCUT2D eigenvalue weighted by Gasteiger charge is -2.48. The summed E-state index contributed by atoms with van der Waals surface area (Å²) in [6, 6.07) is -0.836. The van der Waals surface area contributed by atoms with Crippen molar-refractivity contribution in [3.63, 3.8) is 0 Å². The van der Waals surface area contributed by atoms with E-state index in [0.717, 1.165) is 0 Å². The zero-order valence-electron chi connectivity index (χ0n) is 32.4. The number of carbonyl (C=O) groups excluding carboxylic acids is 1. The Morgan fingerprint density at radius 2 is 1.64 bits per heavy atom. The van der Waals surface area contributed by atoms with E-state index in [1.807, 2.05) is 25.8 Å². The Morgan fingerprint density at radius 1 is 1.00 bits per heavy atom. The van der Waals surface area contributed by atoms with Gasteiger partial charge in [-0.25, -0.2) is 0 Å². The third-order valence-electron chi connectivity index (χ3n) is 11.8. The summed E-state index contributed by atoms with van der Waals surface area (Å²) in [6.45, 7) is 16.0. The van der Waals surface area contributed by atoms with Crippen molar-refractivity contribution in [3.05, 3.63) is 0 Å². The third kappa shape index (κ3) is 9.55. The smallest absolute Gasteiger partial charge is 0.311 e. The molecule has 0 aromatic rings. The largest absolute Gasteiger partial charge is 0.459 e. The molecular weight excluding hydrogens is 652 g/mol. The molecule has 17 atom stereocenters. The van der Waals surface area contributed by atoms with Crippen LogP contribution in [-0.4, -0.2) is 154 Å². The van der Waals surface area contributed by atoms with Gasteiger partial charge in [0, 0.05) is 31.5 Å². The number of nitrogens with one attached hydrogen (secondary N) is 1. The molecule has 3 aliphatic heterocycles. The van der Waals surface area contributed by atoms with Gasteiger partial charge in [-0.1, -0.05) is 13.8 Å². The van der Waals surface area contributed by atoms with Gasteiger partial charge in [0.05, 0.1) is 41.5 Å². The van der Waals surface area contributed by atoms with E-state index in [-0.39, 0.29) is 31.4 Å². The molecule has 0 aromatic carbocycles. The van der Waals surface area contributed by atoms with Gasteiger partial charge in [0.15, 0.2) is 12.6 Å². The predicted octanol–water partition coefficient (Wildman–Crippen LogP) is 1.31. The van der Waals surface area contributed by atoms with Gasteiger partial charge >= 0.3 is 5.97 Å². The number of cyclic esters (lactones) is 1. The van der Waals surface area contributed by atoms with Crippen LogP contribution >= 0.6 is 0 Å². The Bertz CT molecular complexity index is 1080. The fourth-order valence-electron chi connectivity index (χ4n) is 8.02. The monoisotopic (exact) mass is 720 g/mol. The first-order valence-electron chi connectivity index (χ1n) is 18.4. The van der Waals surface area contributed by atoms with Gasteiger partial charge in [0.1, 0.15) is 30.0 Å². The van der Waals surface area contributed by atoms with Crippen LogP contribution in [0.1, 0.15) is 94.4 Å². The van der Waals surface area contributed by atoms with Crippen molar-refractivity contribution in [2.45, 2.75) is 185 Å². The lowest BCUT2D eigenvalue weighted by Crippen LogP contribution is -2.60. The van der Waals surface area contributed by atoms with Crippen LogP contribution in [0.5, 0.6) is 0 Å². The maximum atomic E-state index is 14.1. The number of rotatable bonds is 7. The average molecular weight is 721 g/mol. The summed E-state index contributed by atoms with van der Waals surface area (Å²) < 4.78 is 37.2. The molecule has 0 unspecified atom stereocenters. The minimum atomic E-state index is -1.79. The Labute approximate surface area is 299 Å². The van der Waals surface area contributed by atoms with Crippen LogP contribution in [0.2, 0.25) is 0 Å². The van der Waals surface area contributed by atoms with Crippen LogP contribution in [0, 0.1) is 11.8 Å². The van der Waals surface area contributed by atoms with Crippen molar-refractivity contribution >= 4 is 5.97 Å². The minimum Gasteiger partial charge on any atom is -0.459 e. The molecule has 3 fully saturated rings. The molecule has 3 rings (SSSR count). The summed E-state index contributed by atoms with van der Waals surface area (Å²) >= 11 is 0. The maximum absolute atomic E-state index is 14.1. The summed E-state index contributed by atoms with van der Waals surface area (Å²) in [5, 5.41) is 60.6. The molecule has 50 heavy (non-hydrogen) atoms. The molecule has 0 saturated carbocycles. The van der Waals surface area contributed by atoms with Crippen molar-refractivity contribution < 1.29 is 58.7 Å². The predicted molar refractivity (Wildman–Crippen MR) is 185 cm³/mol. The van der Waals surface area contributed by atoms with Crippen molar-refractivity contribution in [2.24, 2.45) is 11.8 Å². The third-order valence-corrected chi connectivity index (χ3v) is 11.8. The number of carbonyl (C=O) groups is 1. The highest BCUT2D eigenvalue weighted by molar-refractivity contribution is 5.73. The number of esters is 1. The van der Waals surface area contributed by atoms with Crippen LogP contribution in [-0.2, 0) is 33.2 Å². The standard InChI is InChI=1S/C36H68N2O12/c1-13-25-36(9,44)29(40)22(5)38(11)16-14-15-34(7,43)31(50-33-27(39)24(37-10)17-19(2)46-33)20(3)28(21(4)32(42)48-25)49-26-18-35(8,45-12)30(41)23(6)47-26/h19-31,33,37,39-41,43-44H,13-18H2,1-12H3/t19-,20+,21-,22-,23+,24+,25-,26+,27-,28+,29-,30+,31-,33+,34-,35-,36-/m1/s1. The van der Waals surface area contributed by atoms with Gasteiger partial charge in [-0.15, -0.1) is 0 Å². The van der Waals surface area contributed by atoms with Crippen LogP contribution in [0.3, 0.4) is 0 Å². The lowest BCUT2D eigenvalue weighted by molar-refractivity contribution is -0.315. The van der Waals surface area contributed by atoms with E-state index in [9.17, 15) is 30.3 Å². The number of aliphatic hydroxyl groups is 5. The van der Waals surface area contributed by atoms with E-state index < -0.39 is 96.0 Å². The fraction of sp³-hybridized carbons (Fsp3) is 0.972. The first-order chi connectivity index (χ1) is 23.1. The summed E-state index contributed by atoms with van der Waals surface area (Å²) in [5.41, 5.74) is -4.33. The number of aliphatic hydroxyl groups excluding tert-OH is 3. The summed E-state index contributed by atoms with van der Waals surface area (Å²) in [6.07, 6.45) is -7.65. The van der Waals surface area contributed by atoms with Crippen molar-refractivity contribution in [1.82, 2.24) is 10.2 Å². The van der Waals surface area contributed by atoms with E-state index in [1.54, 1.807) is 48.6 Å². The highest BCUT2D eigenvalue weighted by Gasteiger charge is 2.52. The van der Waals surface area contributed by atoms with Crippen LogP contribution < -0.4 is 5.32 Å². The SMILES string of the molecule is CC[C@H]1OC(=O)[C@H](C)[C@@H](O[C@H]2C[C@@](C)(OC)[C@@H](O)[C@H](C)O2)[C@H](C)[C@@H](O[C@@H]2O[C@H](C)C[C@H](NC)[C@H]2O)[C@](C)(O)CCCN(C)[C@H](C)[C@@H](O)[C@]1(C)O. The number of likely N-dealkylation sites (N-methyl/N-ethyl adjacent to an activating group) is 2. The lowest BCUT2D eigenvalue weighted by atomic mass is 9.79. The number of ether oxygens (including phenoxy) is 6. The second-order valence-electron chi connectivity index (χ2n) is 15.9. The second kappa shape index (κ2) is 17.4. The summed E-state index contributed by atoms with van der Waals surface area (Å²) in [7, 11) is 5.09. The van der Waals surface area contributed by atoms with Gasteiger partial charge in [-0.05, 0) is 94.8 Å². The molecule has 294 valence electrons. The zero-order chi connectivity index (χ0) is 37.9. The Morgan fingerprint density at radius 3 is 2.22 bits per heavy atom. The molecule has 3 heterocycles. The highest BCUT2D eigenvalue weighted by Crippen LogP contribution is 2.39. The van der Waals surface area contributed by atoms with Gasteiger partial charge in [-0.2, -0.15) is 0 Å². The first-order valence-corrected chi connectivity index (χ1v) is 18.4. The quantitative estimate of drug-likeness (QED) is 0.207. The number of hydrogen-bond donors (Lipinski definition) is 6. The molecule has 0 spiro atoms. The molecule has 14 heteroatoms. The number of methoxy groups -OCH3 is 1. The fourth-order valence-corrected chi connectivity index (χ4v) is 8.02. The number of hydrogen-bond acceptors (Lipinski definition) is 14. The van der Waals surface area contributed by atoms with Crippen LogP contribution in [0.25, 0.3) is 0 Å². The van der Waals surface area contributed by atoms with E-state index in [1.165, 1.54) is 14.0 Å². The second-order valence-corrected chi connectivity index (χ2v) is 15.9. The molecule has 0 aromatic heterocycles. The van der Waals surface area contributed by atoms with E-state index in [0.29, 0.717) is 19.4 Å². The van der Waals surface area contributed by atoms with Crippen LogP contribution in [0.15, 0.2) is 0 Å². The summed E-state index contributed by atoms with van der Waals surface area (Å²) in [4.78, 5) is 16.0. The molecule has 0 aliphatic carbocycles. The minimum absolute atomic E-state index is 0.135. The van der Waals surface area contributed by atoms with Crippen molar-refractivity contribution in [2.75, 3.05) is 27.7 Å². The molecule has 3 saturated heterocycles. The maximum Gasteiger partial charge on any atom is 0.311 e. The topological polar surface area (TPSA) is 189 Å². The van der Waals surface area contributed by atoms with Crippen molar-refractivity contribution in [1.29, 1.82) is 0 Å². The van der Waals surface area contributed by atoms with E-state index >= 15 is 0 Å². The van der Waals surface area contributed by atoms with Gasteiger partial charge in [-0.3, -0.25) is 4.79 Å². The normalized spacial score (nSPS) is 49.5. The molecule has 0 amide bonds.